The molecule has 21 heavy (non-hydrogen) atoms. The maximum Gasteiger partial charge on any atom is 0.392 e. The zero-order chi connectivity index (χ0) is 15.9. The van der Waals surface area contributed by atoms with Crippen molar-refractivity contribution < 1.29 is 25.8 Å². The number of halogens is 3. The van der Waals surface area contributed by atoms with Crippen LogP contribution in [0.2, 0.25) is 0 Å². The summed E-state index contributed by atoms with van der Waals surface area (Å²) in [5.41, 5.74) is 0.934. The van der Waals surface area contributed by atoms with Crippen molar-refractivity contribution >= 4 is 10.1 Å². The molecule has 0 atom stereocenters. The molecule has 0 aliphatic rings. The fourth-order valence-electron chi connectivity index (χ4n) is 1.48. The molecule has 0 heterocycles. The molecule has 0 spiro atoms. The van der Waals surface area contributed by atoms with Crippen molar-refractivity contribution in [2.24, 2.45) is 0 Å². The van der Waals surface area contributed by atoms with E-state index in [4.69, 9.17) is 4.18 Å². The topological polar surface area (TPSA) is 43.4 Å². The molecule has 0 unspecified atom stereocenters. The molecule has 0 aliphatic heterocycles. The summed E-state index contributed by atoms with van der Waals surface area (Å²) >= 11 is 0. The third-order valence-electron chi connectivity index (χ3n) is 2.58. The van der Waals surface area contributed by atoms with Crippen molar-refractivity contribution in [2.75, 3.05) is 6.61 Å². The quantitative estimate of drug-likeness (QED) is 0.433. The summed E-state index contributed by atoms with van der Waals surface area (Å²) < 4.78 is 63.9. The van der Waals surface area contributed by atoms with Crippen LogP contribution in [0.5, 0.6) is 0 Å². The van der Waals surface area contributed by atoms with Gasteiger partial charge in [-0.2, -0.15) is 21.6 Å². The van der Waals surface area contributed by atoms with Crippen LogP contribution < -0.4 is 0 Å². The molecule has 3 nitrogen and oxygen atoms in total. The van der Waals surface area contributed by atoms with Gasteiger partial charge in [-0.1, -0.05) is 29.8 Å². The molecule has 0 saturated carbocycles. The summed E-state index contributed by atoms with van der Waals surface area (Å²) in [5.74, 6) is 0. The van der Waals surface area contributed by atoms with Crippen molar-refractivity contribution in [3.05, 3.63) is 42.0 Å². The first-order chi connectivity index (χ1) is 9.71. The van der Waals surface area contributed by atoms with Crippen LogP contribution in [-0.4, -0.2) is 21.2 Å². The number of hydrogen-bond donors (Lipinski definition) is 0. The van der Waals surface area contributed by atoms with Gasteiger partial charge in [0, 0.05) is 0 Å². The standard InChI is InChI=1S/C14H17F3O3S/c1-12-6-8-13(9-7-12)21(18,19)20-11-5-3-2-4-10-14(15,16)17/h2,4,6-9H,3,5,10-11H2,1H3/b4-2+. The fraction of sp³-hybridized carbons (Fsp3) is 0.429. The van der Waals surface area contributed by atoms with Crippen LogP contribution in [0.4, 0.5) is 13.2 Å². The first kappa shape index (κ1) is 17.7. The molecule has 1 rings (SSSR count). The Balaban J connectivity index is 2.33. The van der Waals surface area contributed by atoms with Crippen LogP contribution in [0, 0.1) is 6.92 Å². The van der Waals surface area contributed by atoms with Crippen molar-refractivity contribution in [1.82, 2.24) is 0 Å². The van der Waals surface area contributed by atoms with Crippen LogP contribution >= 0.6 is 0 Å². The Labute approximate surface area is 122 Å². The molecule has 0 aliphatic carbocycles. The lowest BCUT2D eigenvalue weighted by Gasteiger charge is -2.05. The summed E-state index contributed by atoms with van der Waals surface area (Å²) in [6, 6.07) is 6.23. The Morgan fingerprint density at radius 2 is 1.76 bits per heavy atom. The van der Waals surface area contributed by atoms with E-state index < -0.39 is 22.7 Å². The Bertz CT molecular complexity index is 560. The molecular formula is C14H17F3O3S. The van der Waals surface area contributed by atoms with E-state index >= 15 is 0 Å². The maximum atomic E-state index is 11.8. The molecule has 1 aromatic carbocycles. The SMILES string of the molecule is Cc1ccc(S(=O)(=O)OCCC/C=C/CC(F)(F)F)cc1. The van der Waals surface area contributed by atoms with E-state index in [0.29, 0.717) is 12.8 Å². The Kier molecular flexibility index (Phi) is 6.42. The van der Waals surface area contributed by atoms with Crippen LogP contribution in [0.15, 0.2) is 41.3 Å². The van der Waals surface area contributed by atoms with Gasteiger partial charge < -0.3 is 0 Å². The van der Waals surface area contributed by atoms with Crippen molar-refractivity contribution in [3.8, 4) is 0 Å². The number of benzene rings is 1. The van der Waals surface area contributed by atoms with Crippen LogP contribution in [0.25, 0.3) is 0 Å². The highest BCUT2D eigenvalue weighted by Gasteiger charge is 2.24. The molecule has 0 radical (unpaired) electrons. The highest BCUT2D eigenvalue weighted by Crippen LogP contribution is 2.20. The van der Waals surface area contributed by atoms with E-state index in [-0.39, 0.29) is 11.5 Å². The van der Waals surface area contributed by atoms with Gasteiger partial charge in [-0.15, -0.1) is 0 Å². The number of alkyl halides is 3. The van der Waals surface area contributed by atoms with E-state index in [0.717, 1.165) is 11.6 Å². The summed E-state index contributed by atoms with van der Waals surface area (Å²) in [4.78, 5) is 0.0701. The van der Waals surface area contributed by atoms with Gasteiger partial charge in [0.1, 0.15) is 0 Å². The minimum atomic E-state index is -4.21. The average Bonchev–Trinajstić information content (AvgIpc) is 2.36. The van der Waals surface area contributed by atoms with Gasteiger partial charge in [0.2, 0.25) is 0 Å². The number of unbranched alkanes of at least 4 members (excludes halogenated alkanes) is 1. The van der Waals surface area contributed by atoms with Crippen molar-refractivity contribution in [2.45, 2.75) is 37.3 Å². The molecule has 0 saturated heterocycles. The monoisotopic (exact) mass is 322 g/mol. The van der Waals surface area contributed by atoms with Crippen molar-refractivity contribution in [3.63, 3.8) is 0 Å². The zero-order valence-corrected chi connectivity index (χ0v) is 12.4. The summed E-state index contributed by atoms with van der Waals surface area (Å²) in [5, 5.41) is 0. The van der Waals surface area contributed by atoms with E-state index in [2.05, 4.69) is 0 Å². The fourth-order valence-corrected chi connectivity index (χ4v) is 2.42. The summed E-state index contributed by atoms with van der Waals surface area (Å²) in [6.07, 6.45) is -2.12. The molecule has 118 valence electrons. The van der Waals surface area contributed by atoms with Gasteiger partial charge in [0.05, 0.1) is 17.9 Å². The highest BCUT2D eigenvalue weighted by atomic mass is 32.2. The first-order valence-corrected chi connectivity index (χ1v) is 7.79. The zero-order valence-electron chi connectivity index (χ0n) is 11.6. The Morgan fingerprint density at radius 1 is 1.14 bits per heavy atom. The lowest BCUT2D eigenvalue weighted by Crippen LogP contribution is -2.07. The van der Waals surface area contributed by atoms with E-state index in [1.54, 1.807) is 12.1 Å². The number of aryl methyl sites for hydroxylation is 1. The van der Waals surface area contributed by atoms with Crippen LogP contribution in [0.1, 0.15) is 24.8 Å². The Hall–Kier alpha value is -1.34. The predicted molar refractivity (Wildman–Crippen MR) is 73.4 cm³/mol. The number of rotatable bonds is 7. The van der Waals surface area contributed by atoms with E-state index in [9.17, 15) is 21.6 Å². The maximum absolute atomic E-state index is 11.8. The highest BCUT2D eigenvalue weighted by molar-refractivity contribution is 7.86. The van der Waals surface area contributed by atoms with Gasteiger partial charge in [-0.05, 0) is 31.9 Å². The van der Waals surface area contributed by atoms with E-state index in [1.807, 2.05) is 6.92 Å². The molecule has 0 aromatic heterocycles. The predicted octanol–water partition coefficient (Wildman–Crippen LogP) is 3.99. The third kappa shape index (κ3) is 7.29. The van der Waals surface area contributed by atoms with Crippen LogP contribution in [-0.2, 0) is 14.3 Å². The minimum Gasteiger partial charge on any atom is -0.266 e. The van der Waals surface area contributed by atoms with Crippen LogP contribution in [0.3, 0.4) is 0 Å². The van der Waals surface area contributed by atoms with Gasteiger partial charge in [-0.3, -0.25) is 4.18 Å². The summed E-state index contributed by atoms with van der Waals surface area (Å²) in [7, 11) is -3.80. The molecular weight excluding hydrogens is 305 g/mol. The Morgan fingerprint density at radius 3 is 2.33 bits per heavy atom. The molecule has 0 N–H and O–H groups in total. The second-order valence-electron chi connectivity index (χ2n) is 4.52. The van der Waals surface area contributed by atoms with Crippen molar-refractivity contribution in [1.29, 1.82) is 0 Å². The molecule has 0 amide bonds. The molecule has 7 heteroatoms. The lowest BCUT2D eigenvalue weighted by molar-refractivity contribution is -0.125. The largest absolute Gasteiger partial charge is 0.392 e. The minimum absolute atomic E-state index is 0.0629. The van der Waals surface area contributed by atoms with Gasteiger partial charge in [-0.25, -0.2) is 0 Å². The molecule has 0 fully saturated rings. The van der Waals surface area contributed by atoms with Gasteiger partial charge in [0.25, 0.3) is 10.1 Å². The molecule has 1 aromatic rings. The normalized spacial score (nSPS) is 13.0. The van der Waals surface area contributed by atoms with E-state index in [1.165, 1.54) is 18.2 Å². The van der Waals surface area contributed by atoms with Gasteiger partial charge in [0.15, 0.2) is 0 Å². The summed E-state index contributed by atoms with van der Waals surface area (Å²) in [6.45, 7) is 1.77. The number of allylic oxidation sites excluding steroid dienone is 2. The molecule has 0 bridgehead atoms. The third-order valence-corrected chi connectivity index (χ3v) is 3.91. The van der Waals surface area contributed by atoms with Gasteiger partial charge >= 0.3 is 6.18 Å². The number of hydrogen-bond acceptors (Lipinski definition) is 3. The second kappa shape index (κ2) is 7.61. The lowest BCUT2D eigenvalue weighted by atomic mass is 10.2. The first-order valence-electron chi connectivity index (χ1n) is 6.38. The second-order valence-corrected chi connectivity index (χ2v) is 6.14. The smallest absolute Gasteiger partial charge is 0.266 e. The average molecular weight is 322 g/mol.